The van der Waals surface area contributed by atoms with Crippen LogP contribution in [-0.2, 0) is 6.54 Å². The van der Waals surface area contributed by atoms with Gasteiger partial charge in [-0.15, -0.1) is 0 Å². The number of aryl methyl sites for hydroxylation is 1. The lowest BCUT2D eigenvalue weighted by molar-refractivity contribution is -0.0520. The third kappa shape index (κ3) is 7.76. The van der Waals surface area contributed by atoms with Crippen molar-refractivity contribution in [3.05, 3.63) is 59.2 Å². The molecule has 0 unspecified atom stereocenters. The van der Waals surface area contributed by atoms with Crippen LogP contribution in [0.5, 0.6) is 11.5 Å². The van der Waals surface area contributed by atoms with Gasteiger partial charge in [0.05, 0.1) is 6.61 Å². The minimum absolute atomic E-state index is 0.00674. The number of halogens is 2. The molecule has 9 heteroatoms. The van der Waals surface area contributed by atoms with E-state index in [1.807, 2.05) is 25.1 Å². The molecule has 7 nitrogen and oxygen atoms in total. The van der Waals surface area contributed by atoms with Gasteiger partial charge in [0.25, 0.3) is 5.91 Å². The lowest BCUT2D eigenvalue weighted by Crippen LogP contribution is -2.41. The second-order valence-corrected chi connectivity index (χ2v) is 6.53. The molecule has 2 rings (SSSR count). The van der Waals surface area contributed by atoms with E-state index in [0.717, 1.165) is 5.56 Å². The number of hydrogen-bond acceptors (Lipinski definition) is 4. The molecule has 0 atom stereocenters. The lowest BCUT2D eigenvalue weighted by Gasteiger charge is -2.17. The highest BCUT2D eigenvalue weighted by molar-refractivity contribution is 5.94. The number of carbonyl (C=O) groups is 1. The fourth-order valence-corrected chi connectivity index (χ4v) is 2.84. The summed E-state index contributed by atoms with van der Waals surface area (Å²) in [7, 11) is 1.59. The Morgan fingerprint density at radius 2 is 1.84 bits per heavy atom. The summed E-state index contributed by atoms with van der Waals surface area (Å²) in [5, 5.41) is 8.93. The van der Waals surface area contributed by atoms with Crippen LogP contribution < -0.4 is 25.4 Å². The SMILES string of the molecule is CCOc1cccc(CNC(=NC)NCCNC(=O)c2cccc(C)c2)c1OC(F)F. The van der Waals surface area contributed by atoms with Crippen LogP contribution in [-0.4, -0.2) is 45.2 Å². The molecule has 3 N–H and O–H groups in total. The van der Waals surface area contributed by atoms with Crippen molar-refractivity contribution in [3.63, 3.8) is 0 Å². The predicted octanol–water partition coefficient (Wildman–Crippen LogP) is 3.09. The Kier molecular flexibility index (Phi) is 9.54. The maximum atomic E-state index is 12.8. The Hall–Kier alpha value is -3.36. The van der Waals surface area contributed by atoms with Crippen LogP contribution in [0.25, 0.3) is 0 Å². The van der Waals surface area contributed by atoms with Gasteiger partial charge in [-0.05, 0) is 32.0 Å². The van der Waals surface area contributed by atoms with Crippen molar-refractivity contribution >= 4 is 11.9 Å². The molecule has 0 aromatic heterocycles. The van der Waals surface area contributed by atoms with Crippen molar-refractivity contribution in [1.29, 1.82) is 0 Å². The summed E-state index contributed by atoms with van der Waals surface area (Å²) < 4.78 is 35.7. The minimum atomic E-state index is -2.96. The molecule has 0 bridgehead atoms. The number of benzene rings is 2. The Bertz CT molecular complexity index is 891. The first-order valence-electron chi connectivity index (χ1n) is 9.93. The lowest BCUT2D eigenvalue weighted by atomic mass is 10.1. The number of nitrogens with zero attached hydrogens (tertiary/aromatic N) is 1. The van der Waals surface area contributed by atoms with Gasteiger partial charge < -0.3 is 25.4 Å². The number of guanidine groups is 1. The van der Waals surface area contributed by atoms with E-state index in [2.05, 4.69) is 25.7 Å². The van der Waals surface area contributed by atoms with Crippen molar-refractivity contribution in [2.45, 2.75) is 27.0 Å². The number of hydrogen-bond donors (Lipinski definition) is 3. The molecule has 0 fully saturated rings. The fourth-order valence-electron chi connectivity index (χ4n) is 2.84. The van der Waals surface area contributed by atoms with E-state index in [9.17, 15) is 13.6 Å². The van der Waals surface area contributed by atoms with Crippen LogP contribution in [0, 0.1) is 6.92 Å². The molecular formula is C22H28F2N4O3. The number of nitrogens with one attached hydrogen (secondary N) is 3. The van der Waals surface area contributed by atoms with Gasteiger partial charge in [-0.2, -0.15) is 8.78 Å². The van der Waals surface area contributed by atoms with Gasteiger partial charge >= 0.3 is 6.61 Å². The van der Waals surface area contributed by atoms with E-state index in [0.29, 0.717) is 36.8 Å². The van der Waals surface area contributed by atoms with Crippen molar-refractivity contribution in [1.82, 2.24) is 16.0 Å². The quantitative estimate of drug-likeness (QED) is 0.304. The van der Waals surface area contributed by atoms with Crippen molar-refractivity contribution in [2.24, 2.45) is 4.99 Å². The van der Waals surface area contributed by atoms with Gasteiger partial charge in [-0.25, -0.2) is 0 Å². The summed E-state index contributed by atoms with van der Waals surface area (Å²) in [5.74, 6) is 0.543. The zero-order chi connectivity index (χ0) is 22.6. The van der Waals surface area contributed by atoms with E-state index < -0.39 is 6.61 Å². The second-order valence-electron chi connectivity index (χ2n) is 6.53. The molecule has 0 radical (unpaired) electrons. The van der Waals surface area contributed by atoms with Gasteiger partial charge in [-0.1, -0.05) is 29.8 Å². The maximum Gasteiger partial charge on any atom is 0.387 e. The topological polar surface area (TPSA) is 84.0 Å². The van der Waals surface area contributed by atoms with Gasteiger partial charge in [0, 0.05) is 37.8 Å². The summed E-state index contributed by atoms with van der Waals surface area (Å²) in [6.07, 6.45) is 0. The monoisotopic (exact) mass is 434 g/mol. The van der Waals surface area contributed by atoms with E-state index in [1.165, 1.54) is 0 Å². The van der Waals surface area contributed by atoms with Gasteiger partial charge in [0.1, 0.15) is 0 Å². The highest BCUT2D eigenvalue weighted by Gasteiger charge is 2.16. The second kappa shape index (κ2) is 12.4. The summed E-state index contributed by atoms with van der Waals surface area (Å²) in [6, 6.07) is 12.3. The molecule has 0 aliphatic carbocycles. The average molecular weight is 434 g/mol. The largest absolute Gasteiger partial charge is 0.490 e. The first-order valence-corrected chi connectivity index (χ1v) is 9.93. The molecule has 0 saturated carbocycles. The Balaban J connectivity index is 1.87. The maximum absolute atomic E-state index is 12.8. The van der Waals surface area contributed by atoms with Crippen molar-refractivity contribution < 1.29 is 23.0 Å². The van der Waals surface area contributed by atoms with Gasteiger partial charge in [0.15, 0.2) is 17.5 Å². The highest BCUT2D eigenvalue weighted by atomic mass is 19.3. The van der Waals surface area contributed by atoms with Crippen LogP contribution in [0.3, 0.4) is 0 Å². The first kappa shape index (κ1) is 23.9. The number of amides is 1. The molecule has 31 heavy (non-hydrogen) atoms. The molecule has 168 valence electrons. The minimum Gasteiger partial charge on any atom is -0.490 e. The van der Waals surface area contributed by atoms with Crippen molar-refractivity contribution in [3.8, 4) is 11.5 Å². The molecule has 2 aromatic rings. The van der Waals surface area contributed by atoms with Crippen LogP contribution >= 0.6 is 0 Å². The molecule has 0 aliphatic rings. The molecule has 1 amide bonds. The molecule has 0 heterocycles. The number of ether oxygens (including phenoxy) is 2. The number of alkyl halides is 2. The van der Waals surface area contributed by atoms with E-state index in [4.69, 9.17) is 4.74 Å². The molecule has 0 spiro atoms. The van der Waals surface area contributed by atoms with E-state index in [1.54, 1.807) is 38.2 Å². The summed E-state index contributed by atoms with van der Waals surface area (Å²) >= 11 is 0. The third-order valence-electron chi connectivity index (χ3n) is 4.22. The van der Waals surface area contributed by atoms with Crippen molar-refractivity contribution in [2.75, 3.05) is 26.7 Å². The smallest absolute Gasteiger partial charge is 0.387 e. The summed E-state index contributed by atoms with van der Waals surface area (Å²) in [6.45, 7) is 2.06. The zero-order valence-electron chi connectivity index (χ0n) is 17.9. The van der Waals surface area contributed by atoms with Gasteiger partial charge in [-0.3, -0.25) is 9.79 Å². The van der Waals surface area contributed by atoms with Gasteiger partial charge in [0.2, 0.25) is 0 Å². The summed E-state index contributed by atoms with van der Waals surface area (Å²) in [4.78, 5) is 16.3. The summed E-state index contributed by atoms with van der Waals surface area (Å²) in [5.41, 5.74) is 2.11. The molecule has 0 saturated heterocycles. The normalized spacial score (nSPS) is 11.2. The van der Waals surface area contributed by atoms with Crippen LogP contribution in [0.1, 0.15) is 28.4 Å². The fraction of sp³-hybridized carbons (Fsp3) is 0.364. The number of aliphatic imine (C=N–C) groups is 1. The third-order valence-corrected chi connectivity index (χ3v) is 4.22. The predicted molar refractivity (Wildman–Crippen MR) is 116 cm³/mol. The average Bonchev–Trinajstić information content (AvgIpc) is 2.74. The molecule has 0 aliphatic heterocycles. The van der Waals surface area contributed by atoms with Crippen LogP contribution in [0.4, 0.5) is 8.78 Å². The number of para-hydroxylation sites is 1. The van der Waals surface area contributed by atoms with E-state index in [-0.39, 0.29) is 24.0 Å². The standard InChI is InChI=1S/C22H28F2N4O3/c1-4-30-18-10-6-9-17(19(18)31-21(23)24)14-28-22(25-3)27-12-11-26-20(29)16-8-5-7-15(2)13-16/h5-10,13,21H,4,11-12,14H2,1-3H3,(H,26,29)(H2,25,27,28). The van der Waals surface area contributed by atoms with Crippen LogP contribution in [0.2, 0.25) is 0 Å². The zero-order valence-corrected chi connectivity index (χ0v) is 17.9. The molecular weight excluding hydrogens is 406 g/mol. The Labute approximate surface area is 180 Å². The number of rotatable bonds is 10. The Morgan fingerprint density at radius 3 is 2.52 bits per heavy atom. The molecule has 2 aromatic carbocycles. The van der Waals surface area contributed by atoms with E-state index >= 15 is 0 Å². The highest BCUT2D eigenvalue weighted by Crippen LogP contribution is 2.32. The van der Waals surface area contributed by atoms with Crippen LogP contribution in [0.15, 0.2) is 47.5 Å². The number of carbonyl (C=O) groups excluding carboxylic acids is 1. The Morgan fingerprint density at radius 1 is 1.10 bits per heavy atom. The first-order chi connectivity index (χ1) is 14.9.